The van der Waals surface area contributed by atoms with Gasteiger partial charge in [-0.2, -0.15) is 0 Å². The average molecular weight is 275 g/mol. The van der Waals surface area contributed by atoms with Crippen LogP contribution < -0.4 is 5.32 Å². The first-order valence-corrected chi connectivity index (χ1v) is 6.32. The van der Waals surface area contributed by atoms with Crippen molar-refractivity contribution in [2.45, 2.75) is 24.3 Å². The Morgan fingerprint density at radius 1 is 1.44 bits per heavy atom. The summed E-state index contributed by atoms with van der Waals surface area (Å²) in [6.45, 7) is 3.16. The number of aliphatic hydroxyl groups is 1. The third kappa shape index (κ3) is 4.62. The van der Waals surface area contributed by atoms with E-state index in [0.29, 0.717) is 0 Å². The predicted molar refractivity (Wildman–Crippen MR) is 66.4 cm³/mol. The molecule has 1 aromatic rings. The second-order valence-corrected chi connectivity index (χ2v) is 5.47. The van der Waals surface area contributed by atoms with Gasteiger partial charge in [0.05, 0.1) is 17.9 Å². The van der Waals surface area contributed by atoms with Crippen LogP contribution in [0, 0.1) is 11.6 Å². The molecule has 1 amide bonds. The number of amides is 1. The Bertz CT molecular complexity index is 438. The zero-order valence-corrected chi connectivity index (χ0v) is 11.0. The van der Waals surface area contributed by atoms with E-state index in [1.54, 1.807) is 13.8 Å². The Hall–Kier alpha value is -1.14. The zero-order valence-electron chi connectivity index (χ0n) is 10.2. The highest BCUT2D eigenvalue weighted by Gasteiger charge is 2.19. The molecule has 0 heterocycles. The second kappa shape index (κ2) is 6.15. The zero-order chi connectivity index (χ0) is 13.8. The molecular formula is C12H15F2NO2S. The molecule has 0 aliphatic carbocycles. The highest BCUT2D eigenvalue weighted by molar-refractivity contribution is 8.00. The number of hydrogen-bond donors (Lipinski definition) is 2. The lowest BCUT2D eigenvalue weighted by molar-refractivity contribution is -0.120. The van der Waals surface area contributed by atoms with Gasteiger partial charge in [-0.15, -0.1) is 11.8 Å². The standard InChI is InChI=1S/C12H15F2NO2S/c1-12(2,7-16)15-11(17)6-18-10-4-3-8(13)5-9(10)14/h3-5,16H,6-7H2,1-2H3,(H,15,17). The molecular weight excluding hydrogens is 260 g/mol. The van der Waals surface area contributed by atoms with Crippen LogP contribution in [0.3, 0.4) is 0 Å². The highest BCUT2D eigenvalue weighted by Crippen LogP contribution is 2.22. The minimum absolute atomic E-state index is 0.00593. The van der Waals surface area contributed by atoms with Gasteiger partial charge in [0.2, 0.25) is 5.91 Å². The van der Waals surface area contributed by atoms with E-state index in [-0.39, 0.29) is 23.2 Å². The molecule has 1 aromatic carbocycles. The van der Waals surface area contributed by atoms with E-state index in [1.165, 1.54) is 6.07 Å². The molecule has 0 unspecified atom stereocenters. The number of thioether (sulfide) groups is 1. The molecule has 6 heteroatoms. The summed E-state index contributed by atoms with van der Waals surface area (Å²) in [4.78, 5) is 11.7. The Balaban J connectivity index is 2.53. The molecule has 1 rings (SSSR count). The molecule has 0 radical (unpaired) electrons. The van der Waals surface area contributed by atoms with Crippen molar-refractivity contribution in [1.29, 1.82) is 0 Å². The van der Waals surface area contributed by atoms with E-state index in [0.717, 1.165) is 23.9 Å². The van der Waals surface area contributed by atoms with Gasteiger partial charge < -0.3 is 10.4 Å². The van der Waals surface area contributed by atoms with Crippen LogP contribution in [0.2, 0.25) is 0 Å². The van der Waals surface area contributed by atoms with E-state index in [1.807, 2.05) is 0 Å². The lowest BCUT2D eigenvalue weighted by atomic mass is 10.1. The molecule has 0 bridgehead atoms. The smallest absolute Gasteiger partial charge is 0.230 e. The lowest BCUT2D eigenvalue weighted by Gasteiger charge is -2.23. The van der Waals surface area contributed by atoms with E-state index >= 15 is 0 Å². The summed E-state index contributed by atoms with van der Waals surface area (Å²) in [5, 5.41) is 11.6. The Kier molecular flexibility index (Phi) is 5.10. The first-order valence-electron chi connectivity index (χ1n) is 5.34. The van der Waals surface area contributed by atoms with Crippen molar-refractivity contribution in [2.24, 2.45) is 0 Å². The van der Waals surface area contributed by atoms with Crippen molar-refractivity contribution in [3.63, 3.8) is 0 Å². The van der Waals surface area contributed by atoms with Crippen molar-refractivity contribution in [1.82, 2.24) is 5.32 Å². The third-order valence-electron chi connectivity index (χ3n) is 2.13. The predicted octanol–water partition coefficient (Wildman–Crippen LogP) is 1.94. The number of nitrogens with one attached hydrogen (secondary N) is 1. The van der Waals surface area contributed by atoms with Crippen LogP contribution in [0.4, 0.5) is 8.78 Å². The summed E-state index contributed by atoms with van der Waals surface area (Å²) in [7, 11) is 0. The van der Waals surface area contributed by atoms with Crippen LogP contribution in [0.1, 0.15) is 13.8 Å². The van der Waals surface area contributed by atoms with Crippen molar-refractivity contribution in [3.8, 4) is 0 Å². The molecule has 0 aromatic heterocycles. The molecule has 18 heavy (non-hydrogen) atoms. The Morgan fingerprint density at radius 2 is 2.11 bits per heavy atom. The Labute approximate surface area is 109 Å². The summed E-state index contributed by atoms with van der Waals surface area (Å²) in [6.07, 6.45) is 0. The van der Waals surface area contributed by atoms with Crippen LogP contribution in [-0.4, -0.2) is 28.9 Å². The number of carbonyl (C=O) groups is 1. The molecule has 0 atom stereocenters. The number of rotatable bonds is 5. The number of aliphatic hydroxyl groups excluding tert-OH is 1. The second-order valence-electron chi connectivity index (χ2n) is 4.45. The van der Waals surface area contributed by atoms with Crippen LogP contribution in [0.5, 0.6) is 0 Å². The summed E-state index contributed by atoms with van der Waals surface area (Å²) in [5.41, 5.74) is -0.709. The maximum Gasteiger partial charge on any atom is 0.230 e. The van der Waals surface area contributed by atoms with Crippen LogP contribution >= 0.6 is 11.8 Å². The summed E-state index contributed by atoms with van der Waals surface area (Å²) < 4.78 is 25.9. The van der Waals surface area contributed by atoms with Crippen LogP contribution in [0.25, 0.3) is 0 Å². The SMILES string of the molecule is CC(C)(CO)NC(=O)CSc1ccc(F)cc1F. The maximum absolute atomic E-state index is 13.3. The molecule has 3 nitrogen and oxygen atoms in total. The summed E-state index contributed by atoms with van der Waals surface area (Å²) >= 11 is 0.980. The van der Waals surface area contributed by atoms with E-state index in [4.69, 9.17) is 5.11 Å². The van der Waals surface area contributed by atoms with Gasteiger partial charge in [0.15, 0.2) is 0 Å². The van der Waals surface area contributed by atoms with Gasteiger partial charge in [0, 0.05) is 11.0 Å². The maximum atomic E-state index is 13.3. The molecule has 0 aliphatic heterocycles. The third-order valence-corrected chi connectivity index (χ3v) is 3.17. The quantitative estimate of drug-likeness (QED) is 0.807. The monoisotopic (exact) mass is 275 g/mol. The molecule has 2 N–H and O–H groups in total. The molecule has 0 aliphatic rings. The van der Waals surface area contributed by atoms with E-state index in [2.05, 4.69) is 5.32 Å². The van der Waals surface area contributed by atoms with Gasteiger partial charge >= 0.3 is 0 Å². The highest BCUT2D eigenvalue weighted by atomic mass is 32.2. The number of halogens is 2. The number of hydrogen-bond acceptors (Lipinski definition) is 3. The van der Waals surface area contributed by atoms with Crippen molar-refractivity contribution in [3.05, 3.63) is 29.8 Å². The Morgan fingerprint density at radius 3 is 2.67 bits per heavy atom. The number of benzene rings is 1. The molecule has 0 saturated carbocycles. The fourth-order valence-corrected chi connectivity index (χ4v) is 1.91. The summed E-state index contributed by atoms with van der Waals surface area (Å²) in [5.74, 6) is -1.65. The van der Waals surface area contributed by atoms with Crippen LogP contribution in [0.15, 0.2) is 23.1 Å². The van der Waals surface area contributed by atoms with Gasteiger partial charge in [-0.3, -0.25) is 4.79 Å². The van der Waals surface area contributed by atoms with Gasteiger partial charge in [0.1, 0.15) is 11.6 Å². The first-order chi connectivity index (χ1) is 8.34. The van der Waals surface area contributed by atoms with Crippen molar-refractivity contribution < 1.29 is 18.7 Å². The minimum Gasteiger partial charge on any atom is -0.394 e. The summed E-state index contributed by atoms with van der Waals surface area (Å²) in [6, 6.07) is 3.21. The van der Waals surface area contributed by atoms with Gasteiger partial charge in [-0.25, -0.2) is 8.78 Å². The largest absolute Gasteiger partial charge is 0.394 e. The first kappa shape index (κ1) is 14.9. The minimum atomic E-state index is -0.709. The molecule has 0 fully saturated rings. The van der Waals surface area contributed by atoms with Crippen molar-refractivity contribution >= 4 is 17.7 Å². The van der Waals surface area contributed by atoms with Gasteiger partial charge in [0.25, 0.3) is 0 Å². The molecule has 0 saturated heterocycles. The fourth-order valence-electron chi connectivity index (χ4n) is 1.19. The lowest BCUT2D eigenvalue weighted by Crippen LogP contribution is -2.47. The number of carbonyl (C=O) groups excluding carboxylic acids is 1. The van der Waals surface area contributed by atoms with Crippen LogP contribution in [-0.2, 0) is 4.79 Å². The van der Waals surface area contributed by atoms with Gasteiger partial charge in [-0.05, 0) is 26.0 Å². The molecule has 100 valence electrons. The normalized spacial score (nSPS) is 11.4. The fraction of sp³-hybridized carbons (Fsp3) is 0.417. The van der Waals surface area contributed by atoms with E-state index in [9.17, 15) is 13.6 Å². The topological polar surface area (TPSA) is 49.3 Å². The molecule has 0 spiro atoms. The van der Waals surface area contributed by atoms with Gasteiger partial charge in [-0.1, -0.05) is 0 Å². The van der Waals surface area contributed by atoms with E-state index < -0.39 is 17.2 Å². The average Bonchev–Trinajstić information content (AvgIpc) is 2.27. The van der Waals surface area contributed by atoms with Crippen molar-refractivity contribution in [2.75, 3.05) is 12.4 Å².